The third-order valence-electron chi connectivity index (χ3n) is 4.06. The van der Waals surface area contributed by atoms with Gasteiger partial charge in [0.25, 0.3) is 11.8 Å². The van der Waals surface area contributed by atoms with E-state index in [1.807, 2.05) is 24.1 Å². The molecule has 0 saturated heterocycles. The van der Waals surface area contributed by atoms with E-state index >= 15 is 0 Å². The Kier molecular flexibility index (Phi) is 4.90. The summed E-state index contributed by atoms with van der Waals surface area (Å²) < 4.78 is 0. The van der Waals surface area contributed by atoms with Crippen molar-refractivity contribution in [2.75, 3.05) is 20.1 Å². The van der Waals surface area contributed by atoms with Crippen LogP contribution in [-0.2, 0) is 6.54 Å². The average molecular weight is 363 g/mol. The Balaban J connectivity index is 1.63. The number of nitrogens with zero attached hydrogens (tertiary/aromatic N) is 2. The van der Waals surface area contributed by atoms with E-state index in [1.165, 1.54) is 4.90 Å². The maximum absolute atomic E-state index is 12.3. The van der Waals surface area contributed by atoms with Crippen LogP contribution in [0.4, 0.5) is 0 Å². The van der Waals surface area contributed by atoms with Gasteiger partial charge in [0.2, 0.25) is 0 Å². The van der Waals surface area contributed by atoms with Crippen LogP contribution in [0.5, 0.6) is 0 Å². The molecule has 0 N–H and O–H groups in total. The summed E-state index contributed by atoms with van der Waals surface area (Å²) in [4.78, 5) is 27.9. The monoisotopic (exact) mass is 362 g/mol. The maximum Gasteiger partial charge on any atom is 0.261 e. The van der Waals surface area contributed by atoms with Gasteiger partial charge in [0.15, 0.2) is 0 Å². The highest BCUT2D eigenvalue weighted by Crippen LogP contribution is 2.26. The summed E-state index contributed by atoms with van der Waals surface area (Å²) in [5.74, 6) is -0.463. The molecule has 2 aromatic carbocycles. The molecule has 1 heterocycles. The first-order valence-corrected chi connectivity index (χ1v) is 8.31. The molecule has 0 aliphatic carbocycles. The summed E-state index contributed by atoms with van der Waals surface area (Å²) >= 11 is 12.2. The van der Waals surface area contributed by atoms with Crippen LogP contribution in [0.25, 0.3) is 0 Å². The first-order chi connectivity index (χ1) is 11.5. The fourth-order valence-electron chi connectivity index (χ4n) is 2.75. The molecule has 0 saturated carbocycles. The van der Waals surface area contributed by atoms with Crippen molar-refractivity contribution in [3.63, 3.8) is 0 Å². The zero-order chi connectivity index (χ0) is 17.3. The van der Waals surface area contributed by atoms with Crippen LogP contribution < -0.4 is 0 Å². The largest absolute Gasteiger partial charge is 0.300 e. The molecule has 2 amide bonds. The van der Waals surface area contributed by atoms with Gasteiger partial charge in [0, 0.05) is 19.6 Å². The predicted octanol–water partition coefficient (Wildman–Crippen LogP) is 3.72. The third kappa shape index (κ3) is 3.18. The second kappa shape index (κ2) is 6.93. The number of benzene rings is 2. The molecule has 1 aliphatic rings. The predicted molar refractivity (Wildman–Crippen MR) is 94.6 cm³/mol. The topological polar surface area (TPSA) is 40.6 Å². The second-order valence-corrected chi connectivity index (χ2v) is 6.54. The number of imide groups is 1. The Hall–Kier alpha value is -1.88. The van der Waals surface area contributed by atoms with E-state index in [0.29, 0.717) is 40.8 Å². The molecule has 0 fully saturated rings. The molecule has 6 heteroatoms. The molecule has 2 aromatic rings. The Bertz CT molecular complexity index is 772. The first kappa shape index (κ1) is 17.0. The van der Waals surface area contributed by atoms with Crippen LogP contribution in [0.3, 0.4) is 0 Å². The number of amides is 2. The summed E-state index contributed by atoms with van der Waals surface area (Å²) in [5, 5.41) is 1.05. The van der Waals surface area contributed by atoms with E-state index in [-0.39, 0.29) is 11.8 Å². The Morgan fingerprint density at radius 3 is 2.21 bits per heavy atom. The van der Waals surface area contributed by atoms with Crippen molar-refractivity contribution in [2.45, 2.75) is 6.54 Å². The van der Waals surface area contributed by atoms with Crippen LogP contribution in [-0.4, -0.2) is 41.8 Å². The highest BCUT2D eigenvalue weighted by atomic mass is 35.5. The van der Waals surface area contributed by atoms with Gasteiger partial charge >= 0.3 is 0 Å². The fourth-order valence-corrected chi connectivity index (χ4v) is 3.13. The number of carbonyl (C=O) groups excluding carboxylic acids is 2. The first-order valence-electron chi connectivity index (χ1n) is 7.55. The van der Waals surface area contributed by atoms with Crippen LogP contribution in [0, 0.1) is 0 Å². The number of likely N-dealkylation sites (N-methyl/N-ethyl adjacent to an activating group) is 1. The van der Waals surface area contributed by atoms with Gasteiger partial charge in [-0.15, -0.1) is 0 Å². The van der Waals surface area contributed by atoms with Crippen LogP contribution in [0.15, 0.2) is 42.5 Å². The van der Waals surface area contributed by atoms with Crippen LogP contribution in [0.2, 0.25) is 10.0 Å². The molecule has 0 spiro atoms. The minimum atomic E-state index is -0.232. The van der Waals surface area contributed by atoms with Crippen LogP contribution in [0.1, 0.15) is 26.3 Å². The molecule has 0 aromatic heterocycles. The van der Waals surface area contributed by atoms with E-state index in [0.717, 1.165) is 5.56 Å². The SMILES string of the molecule is CN(CCN1C(=O)c2ccccc2C1=O)Cc1cccc(Cl)c1Cl. The van der Waals surface area contributed by atoms with Crippen molar-refractivity contribution in [3.05, 3.63) is 69.2 Å². The number of hydrogen-bond donors (Lipinski definition) is 0. The summed E-state index contributed by atoms with van der Waals surface area (Å²) in [7, 11) is 1.91. The molecule has 0 bridgehead atoms. The van der Waals surface area contributed by atoms with Gasteiger partial charge in [-0.25, -0.2) is 0 Å². The highest BCUT2D eigenvalue weighted by molar-refractivity contribution is 6.42. The molecule has 124 valence electrons. The molecule has 3 rings (SSSR count). The van der Waals surface area contributed by atoms with E-state index in [4.69, 9.17) is 23.2 Å². The third-order valence-corrected chi connectivity index (χ3v) is 4.91. The average Bonchev–Trinajstić information content (AvgIpc) is 2.82. The van der Waals surface area contributed by atoms with E-state index in [1.54, 1.807) is 30.3 Å². The van der Waals surface area contributed by atoms with E-state index in [2.05, 4.69) is 0 Å². The lowest BCUT2D eigenvalue weighted by Gasteiger charge is -2.21. The molecule has 4 nitrogen and oxygen atoms in total. The van der Waals surface area contributed by atoms with Crippen molar-refractivity contribution >= 4 is 35.0 Å². The van der Waals surface area contributed by atoms with Gasteiger partial charge in [0.05, 0.1) is 21.2 Å². The number of carbonyl (C=O) groups is 2. The molecular weight excluding hydrogens is 347 g/mol. The standard InChI is InChI=1S/C18H16Cl2N2O2/c1-21(11-12-5-4-8-15(19)16(12)20)9-10-22-17(23)13-6-2-3-7-14(13)18(22)24/h2-8H,9-11H2,1H3. The molecular formula is C18H16Cl2N2O2. The molecule has 24 heavy (non-hydrogen) atoms. The van der Waals surface area contributed by atoms with Gasteiger partial charge in [-0.1, -0.05) is 47.5 Å². The van der Waals surface area contributed by atoms with Gasteiger partial charge in [0.1, 0.15) is 0 Å². The fraction of sp³-hybridized carbons (Fsp3) is 0.222. The summed E-state index contributed by atoms with van der Waals surface area (Å²) in [5.41, 5.74) is 1.86. The lowest BCUT2D eigenvalue weighted by atomic mass is 10.1. The lowest BCUT2D eigenvalue weighted by Crippen LogP contribution is -2.36. The van der Waals surface area contributed by atoms with Crippen molar-refractivity contribution in [1.82, 2.24) is 9.80 Å². The zero-order valence-corrected chi connectivity index (χ0v) is 14.6. The Morgan fingerprint density at radius 2 is 1.58 bits per heavy atom. The van der Waals surface area contributed by atoms with Crippen LogP contribution >= 0.6 is 23.2 Å². The quantitative estimate of drug-likeness (QED) is 0.761. The molecule has 0 atom stereocenters. The van der Waals surface area contributed by atoms with E-state index in [9.17, 15) is 9.59 Å². The molecule has 0 unspecified atom stereocenters. The van der Waals surface area contributed by atoms with Crippen molar-refractivity contribution in [1.29, 1.82) is 0 Å². The minimum Gasteiger partial charge on any atom is -0.300 e. The molecule has 1 aliphatic heterocycles. The number of fused-ring (bicyclic) bond motifs is 1. The van der Waals surface area contributed by atoms with Gasteiger partial charge in [-0.3, -0.25) is 14.5 Å². The highest BCUT2D eigenvalue weighted by Gasteiger charge is 2.34. The number of halogens is 2. The molecule has 0 radical (unpaired) electrons. The van der Waals surface area contributed by atoms with Gasteiger partial charge in [-0.2, -0.15) is 0 Å². The summed E-state index contributed by atoms with van der Waals surface area (Å²) in [6.45, 7) is 1.47. The van der Waals surface area contributed by atoms with Crippen molar-refractivity contribution in [2.24, 2.45) is 0 Å². The van der Waals surface area contributed by atoms with Gasteiger partial charge < -0.3 is 4.90 Å². The summed E-state index contributed by atoms with van der Waals surface area (Å²) in [6.07, 6.45) is 0. The normalized spacial score (nSPS) is 13.8. The zero-order valence-electron chi connectivity index (χ0n) is 13.1. The van der Waals surface area contributed by atoms with Crippen molar-refractivity contribution in [3.8, 4) is 0 Å². The maximum atomic E-state index is 12.3. The second-order valence-electron chi connectivity index (χ2n) is 5.76. The number of rotatable bonds is 5. The van der Waals surface area contributed by atoms with Gasteiger partial charge in [-0.05, 0) is 30.8 Å². The smallest absolute Gasteiger partial charge is 0.261 e. The Labute approximate surface area is 150 Å². The van der Waals surface area contributed by atoms with E-state index < -0.39 is 0 Å². The van der Waals surface area contributed by atoms with Crippen molar-refractivity contribution < 1.29 is 9.59 Å². The number of hydrogen-bond acceptors (Lipinski definition) is 3. The lowest BCUT2D eigenvalue weighted by molar-refractivity contribution is 0.0640. The summed E-state index contributed by atoms with van der Waals surface area (Å²) in [6, 6.07) is 12.4. The minimum absolute atomic E-state index is 0.232. The Morgan fingerprint density at radius 1 is 0.958 bits per heavy atom.